The molecule has 3 aliphatic heterocycles. The summed E-state index contributed by atoms with van der Waals surface area (Å²) in [6.07, 6.45) is 1.53. The molecule has 1 aromatic heterocycles. The van der Waals surface area contributed by atoms with E-state index >= 15 is 8.78 Å². The summed E-state index contributed by atoms with van der Waals surface area (Å²) in [5, 5.41) is 14.1. The molecule has 1 aromatic carbocycles. The molecule has 0 amide bonds. The Kier molecular flexibility index (Phi) is 8.11. The highest BCUT2D eigenvalue weighted by Gasteiger charge is 2.58. The SMILES string of the molecule is COC(=O)C1=C(CN2CC(F)(F)[C@@H]3CN(CC(C)(C)C(=O)O)C[C@@H]32)NC(c2nccs2)=NC1c1ccc(F)c(F)c1Cl. The van der Waals surface area contributed by atoms with Crippen LogP contribution < -0.4 is 5.32 Å². The molecular formula is C27H28ClF4N5O4S. The van der Waals surface area contributed by atoms with Crippen LogP contribution in [-0.4, -0.2) is 89.5 Å². The topological polar surface area (TPSA) is 107 Å². The van der Waals surface area contributed by atoms with Gasteiger partial charge in [0.05, 0.1) is 35.6 Å². The summed E-state index contributed by atoms with van der Waals surface area (Å²) in [6.45, 7) is 2.62. The highest BCUT2D eigenvalue weighted by Crippen LogP contribution is 2.44. The fourth-order valence-corrected chi connectivity index (χ4v) is 6.63. The number of hydrogen-bond donors (Lipinski definition) is 2. The standard InChI is InChI=1S/C27H28ClF4N5O4S/c1-26(2,25(39)40)11-36-8-14-17(10-36)37(12-27(14,31)32)9-16-18(24(38)41-3)21(13-4-5-15(29)20(30)19(13)28)35-22(34-16)23-33-6-7-42-23/h4-7,14,17,21H,8-12H2,1-3H3,(H,34,35)(H,39,40)/t14-,17+,21?/m1/s1. The Morgan fingerprint density at radius 3 is 2.67 bits per heavy atom. The zero-order valence-electron chi connectivity index (χ0n) is 22.8. The van der Waals surface area contributed by atoms with Gasteiger partial charge < -0.3 is 20.1 Å². The van der Waals surface area contributed by atoms with Gasteiger partial charge in [0, 0.05) is 55.1 Å². The molecule has 2 saturated heterocycles. The molecule has 3 aliphatic rings. The van der Waals surface area contributed by atoms with E-state index in [1.54, 1.807) is 29.0 Å². The number of nitrogens with zero attached hydrogens (tertiary/aromatic N) is 4. The number of carbonyl (C=O) groups excluding carboxylic acids is 1. The number of carboxylic acid groups (broad SMARTS) is 1. The number of aliphatic carboxylic acids is 1. The first-order chi connectivity index (χ1) is 19.7. The molecule has 2 aromatic rings. The highest BCUT2D eigenvalue weighted by molar-refractivity contribution is 7.11. The van der Waals surface area contributed by atoms with Gasteiger partial charge in [0.15, 0.2) is 22.5 Å². The molecule has 0 aliphatic carbocycles. The Hall–Kier alpha value is -3.07. The summed E-state index contributed by atoms with van der Waals surface area (Å²) in [6, 6.07) is 0.165. The third-order valence-corrected chi connectivity index (χ3v) is 9.04. The number of benzene rings is 1. The van der Waals surface area contributed by atoms with Crippen LogP contribution in [0.15, 0.2) is 40.0 Å². The average molecular weight is 630 g/mol. The summed E-state index contributed by atoms with van der Waals surface area (Å²) >= 11 is 7.41. The molecule has 5 rings (SSSR count). The Balaban J connectivity index is 1.54. The molecule has 4 heterocycles. The average Bonchev–Trinajstić information content (AvgIpc) is 3.65. The van der Waals surface area contributed by atoms with Gasteiger partial charge in [-0.1, -0.05) is 17.7 Å². The minimum Gasteiger partial charge on any atom is -0.481 e. The van der Waals surface area contributed by atoms with Crippen LogP contribution in [0.2, 0.25) is 5.02 Å². The Bertz CT molecular complexity index is 1470. The van der Waals surface area contributed by atoms with Crippen molar-refractivity contribution in [1.82, 2.24) is 20.1 Å². The molecule has 2 fully saturated rings. The smallest absolute Gasteiger partial charge is 0.338 e. The van der Waals surface area contributed by atoms with E-state index in [0.29, 0.717) is 5.01 Å². The van der Waals surface area contributed by atoms with Gasteiger partial charge in [0.2, 0.25) is 0 Å². The number of carboxylic acids is 1. The number of amidine groups is 1. The van der Waals surface area contributed by atoms with Crippen molar-refractivity contribution in [1.29, 1.82) is 0 Å². The molecule has 1 unspecified atom stereocenters. The number of aliphatic imine (C=N–C) groups is 1. The van der Waals surface area contributed by atoms with E-state index in [1.165, 1.54) is 23.6 Å². The first-order valence-electron chi connectivity index (χ1n) is 13.0. The van der Waals surface area contributed by atoms with Crippen LogP contribution in [0.3, 0.4) is 0 Å². The summed E-state index contributed by atoms with van der Waals surface area (Å²) in [5.74, 6) is -8.34. The van der Waals surface area contributed by atoms with E-state index in [4.69, 9.17) is 16.3 Å². The highest BCUT2D eigenvalue weighted by atomic mass is 35.5. The van der Waals surface area contributed by atoms with Crippen molar-refractivity contribution in [2.45, 2.75) is 31.9 Å². The molecule has 0 saturated carbocycles. The second-order valence-corrected chi connectivity index (χ2v) is 12.5. The maximum absolute atomic E-state index is 15.3. The normalized spacial score (nSPS) is 24.4. The molecule has 15 heteroatoms. The van der Waals surface area contributed by atoms with Crippen molar-refractivity contribution in [3.63, 3.8) is 0 Å². The number of hydrogen-bond acceptors (Lipinski definition) is 9. The molecule has 226 valence electrons. The van der Waals surface area contributed by atoms with Crippen LogP contribution in [0, 0.1) is 23.0 Å². The predicted molar refractivity (Wildman–Crippen MR) is 147 cm³/mol. The number of fused-ring (bicyclic) bond motifs is 1. The number of halogens is 5. The minimum absolute atomic E-state index is 0.0140. The van der Waals surface area contributed by atoms with Crippen molar-refractivity contribution >= 4 is 40.7 Å². The fourth-order valence-electron chi connectivity index (χ4n) is 5.79. The van der Waals surface area contributed by atoms with Gasteiger partial charge in [-0.2, -0.15) is 0 Å². The Morgan fingerprint density at radius 2 is 2.02 bits per heavy atom. The fraction of sp³-hybridized carbons (Fsp3) is 0.481. The van der Waals surface area contributed by atoms with Crippen LogP contribution in [0.1, 0.15) is 30.5 Å². The van der Waals surface area contributed by atoms with Crippen molar-refractivity contribution < 1.29 is 37.0 Å². The Labute approximate surface area is 247 Å². The number of methoxy groups -OCH3 is 1. The van der Waals surface area contributed by atoms with Crippen LogP contribution in [0.4, 0.5) is 17.6 Å². The molecule has 0 radical (unpaired) electrons. The van der Waals surface area contributed by atoms with Gasteiger partial charge in [-0.15, -0.1) is 11.3 Å². The van der Waals surface area contributed by atoms with E-state index < -0.39 is 64.5 Å². The van der Waals surface area contributed by atoms with Crippen LogP contribution >= 0.6 is 22.9 Å². The van der Waals surface area contributed by atoms with Crippen LogP contribution in [0.5, 0.6) is 0 Å². The maximum Gasteiger partial charge on any atom is 0.338 e. The third kappa shape index (κ3) is 5.52. The predicted octanol–water partition coefficient (Wildman–Crippen LogP) is 3.96. The van der Waals surface area contributed by atoms with E-state index in [-0.39, 0.29) is 48.8 Å². The molecule has 42 heavy (non-hydrogen) atoms. The Morgan fingerprint density at radius 1 is 1.29 bits per heavy atom. The lowest BCUT2D eigenvalue weighted by Crippen LogP contribution is -2.44. The third-order valence-electron chi connectivity index (χ3n) is 7.87. The number of likely N-dealkylation sites (tertiary alicyclic amines) is 2. The minimum atomic E-state index is -3.08. The quantitative estimate of drug-likeness (QED) is 0.257. The summed E-state index contributed by atoms with van der Waals surface area (Å²) in [4.78, 5) is 36.9. The van der Waals surface area contributed by atoms with Gasteiger partial charge in [-0.3, -0.25) is 14.7 Å². The number of aromatic nitrogens is 1. The summed E-state index contributed by atoms with van der Waals surface area (Å²) in [5.41, 5.74) is -1.08. The van der Waals surface area contributed by atoms with Crippen molar-refractivity contribution in [3.05, 3.63) is 62.2 Å². The van der Waals surface area contributed by atoms with E-state index in [1.807, 2.05) is 0 Å². The van der Waals surface area contributed by atoms with E-state index in [9.17, 15) is 23.5 Å². The van der Waals surface area contributed by atoms with Crippen molar-refractivity contribution in [3.8, 4) is 0 Å². The second-order valence-electron chi connectivity index (χ2n) is 11.2. The molecular weight excluding hydrogens is 602 g/mol. The van der Waals surface area contributed by atoms with Gasteiger partial charge in [-0.05, 0) is 19.9 Å². The lowest BCUT2D eigenvalue weighted by atomic mass is 9.93. The number of esters is 1. The lowest BCUT2D eigenvalue weighted by Gasteiger charge is -2.32. The maximum atomic E-state index is 15.3. The molecule has 3 atom stereocenters. The first kappa shape index (κ1) is 30.4. The summed E-state index contributed by atoms with van der Waals surface area (Å²) < 4.78 is 64.2. The lowest BCUT2D eigenvalue weighted by molar-refractivity contribution is -0.148. The number of carbonyl (C=O) groups is 2. The van der Waals surface area contributed by atoms with Crippen LogP contribution in [-0.2, 0) is 14.3 Å². The number of rotatable bonds is 8. The number of nitrogens with one attached hydrogen (secondary N) is 1. The van der Waals surface area contributed by atoms with Crippen molar-refractivity contribution in [2.75, 3.05) is 39.8 Å². The summed E-state index contributed by atoms with van der Waals surface area (Å²) in [7, 11) is 1.13. The largest absolute Gasteiger partial charge is 0.481 e. The van der Waals surface area contributed by atoms with Gasteiger partial charge in [0.1, 0.15) is 6.04 Å². The van der Waals surface area contributed by atoms with Gasteiger partial charge in [0.25, 0.3) is 5.92 Å². The van der Waals surface area contributed by atoms with E-state index in [2.05, 4.69) is 15.3 Å². The number of thiazole rings is 1. The molecule has 9 nitrogen and oxygen atoms in total. The molecule has 2 N–H and O–H groups in total. The zero-order valence-corrected chi connectivity index (χ0v) is 24.4. The number of alkyl halides is 2. The van der Waals surface area contributed by atoms with Gasteiger partial charge >= 0.3 is 11.9 Å². The van der Waals surface area contributed by atoms with Gasteiger partial charge in [-0.25, -0.2) is 27.3 Å². The molecule has 0 spiro atoms. The van der Waals surface area contributed by atoms with Crippen molar-refractivity contribution in [2.24, 2.45) is 16.3 Å². The monoisotopic (exact) mass is 629 g/mol. The first-order valence-corrected chi connectivity index (χ1v) is 14.3. The number of ether oxygens (including phenoxy) is 1. The van der Waals surface area contributed by atoms with E-state index in [0.717, 1.165) is 13.2 Å². The van der Waals surface area contributed by atoms with Crippen LogP contribution in [0.25, 0.3) is 0 Å². The zero-order chi connectivity index (χ0) is 30.6. The molecule has 0 bridgehead atoms. The second kappa shape index (κ2) is 11.2.